The normalized spacial score (nSPS) is 12.6. The lowest BCUT2D eigenvalue weighted by atomic mass is 10.2. The van der Waals surface area contributed by atoms with E-state index in [1.54, 1.807) is 19.2 Å². The third-order valence-electron chi connectivity index (χ3n) is 1.98. The number of hydrogen-bond acceptors (Lipinski definition) is 3. The van der Waals surface area contributed by atoms with Crippen molar-refractivity contribution in [2.45, 2.75) is 6.54 Å². The van der Waals surface area contributed by atoms with Crippen LogP contribution < -0.4 is 16.2 Å². The molecule has 5 heteroatoms. The highest BCUT2D eigenvalue weighted by molar-refractivity contribution is 5.94. The third-order valence-corrected chi connectivity index (χ3v) is 1.98. The first-order valence-electron chi connectivity index (χ1n) is 4.68. The molecule has 16 heavy (non-hydrogen) atoms. The van der Waals surface area contributed by atoms with Crippen LogP contribution in [0.5, 0.6) is 5.75 Å². The maximum Gasteiger partial charge on any atom is 0.180 e. The zero-order valence-electron chi connectivity index (χ0n) is 8.98. The largest absolute Gasteiger partial charge is 0.497 e. The number of aliphatic imine (C=N–C) groups is 1. The fourth-order valence-electron chi connectivity index (χ4n) is 1.07. The summed E-state index contributed by atoms with van der Waals surface area (Å²) >= 11 is 0. The first-order valence-corrected chi connectivity index (χ1v) is 4.68. The van der Waals surface area contributed by atoms with Crippen LogP contribution in [0.1, 0.15) is 5.56 Å². The first-order chi connectivity index (χ1) is 7.67. The maximum atomic E-state index is 12.8. The summed E-state index contributed by atoms with van der Waals surface area (Å²) in [5.41, 5.74) is 11.2. The van der Waals surface area contributed by atoms with Crippen molar-refractivity contribution in [2.75, 3.05) is 7.11 Å². The monoisotopic (exact) mass is 223 g/mol. The van der Waals surface area contributed by atoms with Gasteiger partial charge < -0.3 is 16.2 Å². The minimum Gasteiger partial charge on any atom is -0.497 e. The van der Waals surface area contributed by atoms with Gasteiger partial charge in [0.2, 0.25) is 0 Å². The Morgan fingerprint density at radius 2 is 2.06 bits per heavy atom. The van der Waals surface area contributed by atoms with E-state index in [9.17, 15) is 4.39 Å². The van der Waals surface area contributed by atoms with Crippen molar-refractivity contribution in [3.8, 4) is 5.75 Å². The van der Waals surface area contributed by atoms with Crippen LogP contribution in [0.15, 0.2) is 41.3 Å². The van der Waals surface area contributed by atoms with Crippen molar-refractivity contribution in [3.63, 3.8) is 0 Å². The molecule has 86 valence electrons. The van der Waals surface area contributed by atoms with E-state index in [1.165, 1.54) is 0 Å². The number of amidine groups is 1. The summed E-state index contributed by atoms with van der Waals surface area (Å²) in [5.74, 6) is -0.152. The molecule has 0 atom stereocenters. The van der Waals surface area contributed by atoms with Crippen LogP contribution in [0.2, 0.25) is 0 Å². The molecule has 0 spiro atoms. The van der Waals surface area contributed by atoms with Gasteiger partial charge in [-0.15, -0.1) is 0 Å². The molecule has 0 amide bonds. The maximum absolute atomic E-state index is 12.8. The Hall–Kier alpha value is -2.04. The number of hydrogen-bond donors (Lipinski definition) is 2. The van der Waals surface area contributed by atoms with Gasteiger partial charge >= 0.3 is 0 Å². The Balaban J connectivity index is 2.67. The topological polar surface area (TPSA) is 73.6 Å². The molecule has 4 nitrogen and oxygen atoms in total. The highest BCUT2D eigenvalue weighted by Crippen LogP contribution is 2.12. The number of halogens is 1. The predicted molar refractivity (Wildman–Crippen MR) is 61.7 cm³/mol. The molecule has 0 aromatic heterocycles. The molecule has 0 aliphatic heterocycles. The Morgan fingerprint density at radius 3 is 2.56 bits per heavy atom. The fraction of sp³-hybridized carbons (Fsp3) is 0.182. The van der Waals surface area contributed by atoms with Crippen molar-refractivity contribution in [1.29, 1.82) is 0 Å². The van der Waals surface area contributed by atoms with Crippen LogP contribution in [-0.4, -0.2) is 12.9 Å². The molecule has 4 N–H and O–H groups in total. The van der Waals surface area contributed by atoms with E-state index in [4.69, 9.17) is 16.2 Å². The molecule has 0 radical (unpaired) electrons. The number of nitrogens with two attached hydrogens (primary N) is 2. The average molecular weight is 223 g/mol. The summed E-state index contributed by atoms with van der Waals surface area (Å²) in [4.78, 5) is 3.85. The van der Waals surface area contributed by atoms with E-state index in [1.807, 2.05) is 12.1 Å². The van der Waals surface area contributed by atoms with Gasteiger partial charge in [-0.3, -0.25) is 4.99 Å². The van der Waals surface area contributed by atoms with Crippen molar-refractivity contribution in [1.82, 2.24) is 0 Å². The van der Waals surface area contributed by atoms with E-state index in [2.05, 4.69) is 4.99 Å². The summed E-state index contributed by atoms with van der Waals surface area (Å²) < 4.78 is 17.8. The molecule has 0 aliphatic rings. The van der Waals surface area contributed by atoms with Gasteiger partial charge in [0.25, 0.3) is 0 Å². The number of methoxy groups -OCH3 is 1. The molecule has 1 aromatic carbocycles. The molecule has 0 saturated heterocycles. The summed E-state index contributed by atoms with van der Waals surface area (Å²) in [7, 11) is 1.59. The van der Waals surface area contributed by atoms with E-state index in [0.717, 1.165) is 17.5 Å². The fourth-order valence-corrected chi connectivity index (χ4v) is 1.07. The van der Waals surface area contributed by atoms with Crippen LogP contribution in [0.25, 0.3) is 0 Å². The van der Waals surface area contributed by atoms with E-state index < -0.39 is 5.83 Å². The molecule has 0 saturated carbocycles. The Bertz CT molecular complexity index is 398. The quantitative estimate of drug-likeness (QED) is 0.597. The predicted octanol–water partition coefficient (Wildman–Crippen LogP) is 1.32. The van der Waals surface area contributed by atoms with Crippen molar-refractivity contribution in [2.24, 2.45) is 16.5 Å². The van der Waals surface area contributed by atoms with E-state index in [0.29, 0.717) is 6.54 Å². The zero-order chi connectivity index (χ0) is 12.0. The van der Waals surface area contributed by atoms with E-state index in [-0.39, 0.29) is 5.84 Å². The zero-order valence-corrected chi connectivity index (χ0v) is 8.98. The van der Waals surface area contributed by atoms with Crippen molar-refractivity contribution < 1.29 is 9.13 Å². The molecular formula is C11H14FN3O. The molecule has 0 heterocycles. The van der Waals surface area contributed by atoms with Gasteiger partial charge in [-0.1, -0.05) is 12.1 Å². The summed E-state index contributed by atoms with van der Waals surface area (Å²) in [6.45, 7) is 0.303. The van der Waals surface area contributed by atoms with Gasteiger partial charge in [-0.2, -0.15) is 0 Å². The molecular weight excluding hydrogens is 209 g/mol. The second kappa shape index (κ2) is 5.75. The highest BCUT2D eigenvalue weighted by atomic mass is 19.1. The smallest absolute Gasteiger partial charge is 0.180 e. The van der Waals surface area contributed by atoms with Gasteiger partial charge in [0.1, 0.15) is 5.75 Å². The SMILES string of the molecule is COc1ccc(CN=C(N)/C(F)=C\N)cc1. The van der Waals surface area contributed by atoms with Crippen LogP contribution in [0.4, 0.5) is 4.39 Å². The Labute approximate surface area is 93.4 Å². The van der Waals surface area contributed by atoms with Gasteiger partial charge in [0.05, 0.1) is 13.7 Å². The number of benzene rings is 1. The van der Waals surface area contributed by atoms with Crippen LogP contribution >= 0.6 is 0 Å². The van der Waals surface area contributed by atoms with E-state index >= 15 is 0 Å². The van der Waals surface area contributed by atoms with Crippen molar-refractivity contribution in [3.05, 3.63) is 41.9 Å². The minimum atomic E-state index is -0.714. The van der Waals surface area contributed by atoms with Gasteiger partial charge in [-0.25, -0.2) is 4.39 Å². The van der Waals surface area contributed by atoms with Gasteiger partial charge in [0, 0.05) is 6.20 Å². The van der Waals surface area contributed by atoms with Crippen LogP contribution in [0, 0.1) is 0 Å². The lowest BCUT2D eigenvalue weighted by Crippen LogP contribution is -2.13. The number of nitrogens with zero attached hydrogens (tertiary/aromatic N) is 1. The van der Waals surface area contributed by atoms with Gasteiger partial charge in [0.15, 0.2) is 11.7 Å². The molecule has 1 rings (SSSR count). The van der Waals surface area contributed by atoms with Crippen LogP contribution in [0.3, 0.4) is 0 Å². The molecule has 1 aromatic rings. The summed E-state index contributed by atoms with van der Waals surface area (Å²) in [5, 5.41) is 0. The van der Waals surface area contributed by atoms with Gasteiger partial charge in [-0.05, 0) is 17.7 Å². The molecule has 0 aliphatic carbocycles. The second-order valence-corrected chi connectivity index (χ2v) is 3.06. The third kappa shape index (κ3) is 3.27. The average Bonchev–Trinajstić information content (AvgIpc) is 2.35. The highest BCUT2D eigenvalue weighted by Gasteiger charge is 1.99. The summed E-state index contributed by atoms with van der Waals surface area (Å²) in [6, 6.07) is 7.27. The Kier molecular flexibility index (Phi) is 4.32. The van der Waals surface area contributed by atoms with Crippen molar-refractivity contribution >= 4 is 5.84 Å². The molecule has 0 bridgehead atoms. The summed E-state index contributed by atoms with van der Waals surface area (Å²) in [6.07, 6.45) is 0.785. The Morgan fingerprint density at radius 1 is 1.44 bits per heavy atom. The lowest BCUT2D eigenvalue weighted by molar-refractivity contribution is 0.414. The lowest BCUT2D eigenvalue weighted by Gasteiger charge is -2.01. The first kappa shape index (κ1) is 12.0. The number of ether oxygens (including phenoxy) is 1. The molecule has 0 fully saturated rings. The van der Waals surface area contributed by atoms with Crippen LogP contribution in [-0.2, 0) is 6.54 Å². The standard InChI is InChI=1S/C11H14FN3O/c1-16-9-4-2-8(3-5-9)7-15-11(14)10(12)6-13/h2-6H,7,13H2,1H3,(H2,14,15)/b10-6+. The minimum absolute atomic E-state index is 0.196. The molecule has 0 unspecified atom stereocenters. The number of rotatable bonds is 4. The second-order valence-electron chi connectivity index (χ2n) is 3.06.